The zero-order chi connectivity index (χ0) is 15.4. The van der Waals surface area contributed by atoms with Crippen LogP contribution < -0.4 is 15.8 Å². The topological polar surface area (TPSA) is 64.3 Å². The fourth-order valence-corrected chi connectivity index (χ4v) is 2.36. The summed E-state index contributed by atoms with van der Waals surface area (Å²) in [6.07, 6.45) is 2.34. The minimum absolute atomic E-state index is 0.0474. The van der Waals surface area contributed by atoms with Gasteiger partial charge in [0.25, 0.3) is 5.91 Å². The number of hydrogen-bond acceptors (Lipinski definition) is 3. The molecule has 0 spiro atoms. The second kappa shape index (κ2) is 6.62. The van der Waals surface area contributed by atoms with Crippen LogP contribution in [0, 0.1) is 5.92 Å². The first-order valence-corrected chi connectivity index (χ1v) is 7.60. The lowest BCUT2D eigenvalue weighted by molar-refractivity contribution is 0.0948. The summed E-state index contributed by atoms with van der Waals surface area (Å²) in [5, 5.41) is 2.90. The zero-order valence-corrected chi connectivity index (χ0v) is 12.4. The van der Waals surface area contributed by atoms with Crippen molar-refractivity contribution >= 4 is 5.91 Å². The molecule has 114 valence electrons. The smallest absolute Gasteiger partial charge is 0.255 e. The van der Waals surface area contributed by atoms with E-state index in [0.29, 0.717) is 29.5 Å². The van der Waals surface area contributed by atoms with Crippen molar-refractivity contribution in [2.75, 3.05) is 6.54 Å². The molecule has 1 aliphatic rings. The molecule has 3 N–H and O–H groups in total. The minimum atomic E-state index is -0.150. The van der Waals surface area contributed by atoms with E-state index in [0.717, 1.165) is 0 Å². The van der Waals surface area contributed by atoms with E-state index in [1.54, 1.807) is 12.1 Å². The van der Waals surface area contributed by atoms with Crippen molar-refractivity contribution in [1.29, 1.82) is 0 Å². The molecule has 1 aliphatic carbocycles. The largest absolute Gasteiger partial charge is 0.457 e. The number of amides is 1. The number of carbonyl (C=O) groups excluding carboxylic acids is 1. The van der Waals surface area contributed by atoms with Crippen molar-refractivity contribution in [3.05, 3.63) is 60.2 Å². The van der Waals surface area contributed by atoms with E-state index >= 15 is 0 Å². The number of benzene rings is 2. The van der Waals surface area contributed by atoms with Crippen LogP contribution >= 0.6 is 0 Å². The summed E-state index contributed by atoms with van der Waals surface area (Å²) in [6, 6.07) is 16.7. The molecule has 2 aromatic carbocycles. The van der Waals surface area contributed by atoms with Crippen molar-refractivity contribution in [1.82, 2.24) is 5.32 Å². The van der Waals surface area contributed by atoms with E-state index in [1.807, 2.05) is 42.5 Å². The Bertz CT molecular complexity index is 639. The zero-order valence-electron chi connectivity index (χ0n) is 12.4. The average Bonchev–Trinajstić information content (AvgIpc) is 3.39. The first-order chi connectivity index (χ1) is 10.7. The Morgan fingerprint density at radius 3 is 2.55 bits per heavy atom. The highest BCUT2D eigenvalue weighted by Gasteiger charge is 2.28. The number of para-hydroxylation sites is 2. The van der Waals surface area contributed by atoms with Gasteiger partial charge in [-0.2, -0.15) is 0 Å². The highest BCUT2D eigenvalue weighted by molar-refractivity contribution is 5.97. The molecule has 1 saturated carbocycles. The lowest BCUT2D eigenvalue weighted by Crippen LogP contribution is -2.38. The third-order valence-electron chi connectivity index (χ3n) is 3.83. The maximum atomic E-state index is 12.4. The first-order valence-electron chi connectivity index (χ1n) is 7.60. The number of rotatable bonds is 6. The summed E-state index contributed by atoms with van der Waals surface area (Å²) in [5.74, 6) is 1.67. The molecular weight excluding hydrogens is 276 g/mol. The standard InChI is InChI=1S/C18H20N2O2/c19-16(13-10-11-13)12-20-18(21)15-8-4-5-9-17(15)22-14-6-2-1-3-7-14/h1-9,13,16H,10-12,19H2,(H,20,21). The summed E-state index contributed by atoms with van der Waals surface area (Å²) < 4.78 is 5.81. The molecule has 0 aromatic heterocycles. The van der Waals surface area contributed by atoms with Gasteiger partial charge in [0.2, 0.25) is 0 Å². The van der Waals surface area contributed by atoms with Crippen molar-refractivity contribution in [3.8, 4) is 11.5 Å². The van der Waals surface area contributed by atoms with Gasteiger partial charge >= 0.3 is 0 Å². The SMILES string of the molecule is NC(CNC(=O)c1ccccc1Oc1ccccc1)C1CC1. The highest BCUT2D eigenvalue weighted by atomic mass is 16.5. The van der Waals surface area contributed by atoms with Gasteiger partial charge in [-0.25, -0.2) is 0 Å². The monoisotopic (exact) mass is 296 g/mol. The van der Waals surface area contributed by atoms with Gasteiger partial charge < -0.3 is 15.8 Å². The van der Waals surface area contributed by atoms with E-state index in [2.05, 4.69) is 5.32 Å². The number of carbonyl (C=O) groups is 1. The fourth-order valence-electron chi connectivity index (χ4n) is 2.36. The predicted octanol–water partition coefficient (Wildman–Crippen LogP) is 2.95. The third kappa shape index (κ3) is 3.65. The van der Waals surface area contributed by atoms with E-state index in [1.165, 1.54) is 12.8 Å². The van der Waals surface area contributed by atoms with Gasteiger partial charge in [-0.3, -0.25) is 4.79 Å². The van der Waals surface area contributed by atoms with Crippen molar-refractivity contribution in [2.24, 2.45) is 11.7 Å². The molecule has 0 radical (unpaired) electrons. The van der Waals surface area contributed by atoms with Crippen molar-refractivity contribution in [3.63, 3.8) is 0 Å². The first kappa shape index (κ1) is 14.6. The van der Waals surface area contributed by atoms with E-state index < -0.39 is 0 Å². The van der Waals surface area contributed by atoms with Crippen LogP contribution in [-0.2, 0) is 0 Å². The molecule has 0 bridgehead atoms. The van der Waals surface area contributed by atoms with Gasteiger partial charge in [-0.05, 0) is 43.0 Å². The Morgan fingerprint density at radius 2 is 1.82 bits per heavy atom. The molecule has 2 aromatic rings. The molecule has 1 amide bonds. The number of ether oxygens (including phenoxy) is 1. The molecule has 22 heavy (non-hydrogen) atoms. The van der Waals surface area contributed by atoms with Crippen molar-refractivity contribution in [2.45, 2.75) is 18.9 Å². The third-order valence-corrected chi connectivity index (χ3v) is 3.83. The summed E-state index contributed by atoms with van der Waals surface area (Å²) in [5.41, 5.74) is 6.54. The number of hydrogen-bond donors (Lipinski definition) is 2. The Kier molecular flexibility index (Phi) is 4.39. The Morgan fingerprint density at radius 1 is 1.14 bits per heavy atom. The summed E-state index contributed by atoms with van der Waals surface area (Å²) in [4.78, 5) is 12.4. The Labute approximate surface area is 130 Å². The summed E-state index contributed by atoms with van der Waals surface area (Å²) in [7, 11) is 0. The molecular formula is C18H20N2O2. The normalized spacial score (nSPS) is 15.1. The molecule has 3 rings (SSSR count). The molecule has 1 atom stereocenters. The van der Waals surface area contributed by atoms with Crippen LogP contribution in [0.5, 0.6) is 11.5 Å². The van der Waals surface area contributed by atoms with E-state index in [-0.39, 0.29) is 11.9 Å². The van der Waals surface area contributed by atoms with Crippen LogP contribution in [0.4, 0.5) is 0 Å². The second-order valence-electron chi connectivity index (χ2n) is 5.62. The van der Waals surface area contributed by atoms with E-state index in [4.69, 9.17) is 10.5 Å². The van der Waals surface area contributed by atoms with Crippen LogP contribution in [0.2, 0.25) is 0 Å². The molecule has 0 saturated heterocycles. The second-order valence-corrected chi connectivity index (χ2v) is 5.62. The average molecular weight is 296 g/mol. The maximum absolute atomic E-state index is 12.4. The fraction of sp³-hybridized carbons (Fsp3) is 0.278. The number of nitrogens with two attached hydrogens (primary N) is 1. The van der Waals surface area contributed by atoms with E-state index in [9.17, 15) is 4.79 Å². The quantitative estimate of drug-likeness (QED) is 0.861. The Hall–Kier alpha value is -2.33. The van der Waals surface area contributed by atoms with Gasteiger partial charge in [0, 0.05) is 12.6 Å². The molecule has 4 nitrogen and oxygen atoms in total. The van der Waals surface area contributed by atoms with Gasteiger partial charge in [0.05, 0.1) is 5.56 Å². The molecule has 1 unspecified atom stereocenters. The highest BCUT2D eigenvalue weighted by Crippen LogP contribution is 2.31. The molecule has 4 heteroatoms. The summed E-state index contributed by atoms with van der Waals surface area (Å²) in [6.45, 7) is 0.503. The van der Waals surface area contributed by atoms with Crippen LogP contribution in [0.25, 0.3) is 0 Å². The van der Waals surface area contributed by atoms with Crippen LogP contribution in [0.15, 0.2) is 54.6 Å². The molecule has 0 aliphatic heterocycles. The molecule has 1 fully saturated rings. The van der Waals surface area contributed by atoms with Crippen molar-refractivity contribution < 1.29 is 9.53 Å². The van der Waals surface area contributed by atoms with Gasteiger partial charge in [-0.1, -0.05) is 30.3 Å². The van der Waals surface area contributed by atoms with Crippen LogP contribution in [0.3, 0.4) is 0 Å². The minimum Gasteiger partial charge on any atom is -0.457 e. The van der Waals surface area contributed by atoms with Gasteiger partial charge in [-0.15, -0.1) is 0 Å². The number of nitrogens with one attached hydrogen (secondary N) is 1. The maximum Gasteiger partial charge on any atom is 0.255 e. The predicted molar refractivity (Wildman–Crippen MR) is 86.0 cm³/mol. The summed E-state index contributed by atoms with van der Waals surface area (Å²) >= 11 is 0. The van der Waals surface area contributed by atoms with Gasteiger partial charge in [0.1, 0.15) is 11.5 Å². The Balaban J connectivity index is 1.68. The van der Waals surface area contributed by atoms with Gasteiger partial charge in [0.15, 0.2) is 0 Å². The lowest BCUT2D eigenvalue weighted by atomic mass is 10.1. The molecule has 0 heterocycles. The van der Waals surface area contributed by atoms with Crippen LogP contribution in [0.1, 0.15) is 23.2 Å². The lowest BCUT2D eigenvalue weighted by Gasteiger charge is -2.14. The van der Waals surface area contributed by atoms with Crippen LogP contribution in [-0.4, -0.2) is 18.5 Å².